The average Bonchev–Trinajstić information content (AvgIpc) is 3.02. The van der Waals surface area contributed by atoms with Crippen LogP contribution >= 0.6 is 0 Å². The number of ether oxygens (including phenoxy) is 2. The van der Waals surface area contributed by atoms with Crippen LogP contribution in [0.3, 0.4) is 0 Å². The number of imide groups is 2. The molecule has 1 saturated heterocycles. The number of amides is 4. The first kappa shape index (κ1) is 28.4. The number of fused-ring (bicyclic) bond motifs is 1. The van der Waals surface area contributed by atoms with Crippen LogP contribution in [-0.2, 0) is 22.8 Å². The van der Waals surface area contributed by atoms with Gasteiger partial charge in [-0.1, -0.05) is 90.0 Å². The minimum atomic E-state index is -0.820. The molecule has 1 fully saturated rings. The van der Waals surface area contributed by atoms with Gasteiger partial charge in [-0.3, -0.25) is 14.9 Å². The predicted molar refractivity (Wildman–Crippen MR) is 170 cm³/mol. The summed E-state index contributed by atoms with van der Waals surface area (Å²) in [5, 5.41) is 4.04. The van der Waals surface area contributed by atoms with E-state index in [-0.39, 0.29) is 5.57 Å². The normalized spacial score (nSPS) is 14.2. The van der Waals surface area contributed by atoms with Crippen LogP contribution in [0.15, 0.2) is 115 Å². The molecule has 6 rings (SSSR count). The van der Waals surface area contributed by atoms with E-state index < -0.39 is 17.8 Å². The molecule has 0 unspecified atom stereocenters. The number of urea groups is 1. The van der Waals surface area contributed by atoms with Crippen molar-refractivity contribution in [1.29, 1.82) is 0 Å². The van der Waals surface area contributed by atoms with Crippen molar-refractivity contribution in [2.75, 3.05) is 4.90 Å². The van der Waals surface area contributed by atoms with Gasteiger partial charge in [0.25, 0.3) is 11.8 Å². The van der Waals surface area contributed by atoms with Gasteiger partial charge in [0.05, 0.1) is 5.69 Å². The van der Waals surface area contributed by atoms with Crippen LogP contribution in [0.25, 0.3) is 16.8 Å². The Morgan fingerprint density at radius 1 is 0.705 bits per heavy atom. The van der Waals surface area contributed by atoms with Gasteiger partial charge in [0.1, 0.15) is 30.3 Å². The van der Waals surface area contributed by atoms with E-state index in [1.807, 2.05) is 80.6 Å². The maximum atomic E-state index is 13.8. The molecule has 5 aromatic carbocycles. The Morgan fingerprint density at radius 3 is 2.14 bits per heavy atom. The SMILES string of the molecule is Cc1cc(C)cc(COc2ccc3ccccc3c2/C=C2\C(=O)NC(=O)N(c3ccc(OCc4ccccc4)cc3)C2=O)c1. The molecule has 1 N–H and O–H groups in total. The van der Waals surface area contributed by atoms with Gasteiger partial charge in [0, 0.05) is 5.56 Å². The molecule has 0 bridgehead atoms. The van der Waals surface area contributed by atoms with Crippen molar-refractivity contribution < 1.29 is 23.9 Å². The Kier molecular flexibility index (Phi) is 7.93. The summed E-state index contributed by atoms with van der Waals surface area (Å²) in [6, 6.07) is 33.2. The van der Waals surface area contributed by atoms with Gasteiger partial charge in [-0.2, -0.15) is 0 Å². The van der Waals surface area contributed by atoms with E-state index in [0.717, 1.165) is 37.9 Å². The second kappa shape index (κ2) is 12.3. The highest BCUT2D eigenvalue weighted by atomic mass is 16.5. The van der Waals surface area contributed by atoms with Crippen LogP contribution in [-0.4, -0.2) is 17.8 Å². The van der Waals surface area contributed by atoms with E-state index >= 15 is 0 Å². The van der Waals surface area contributed by atoms with E-state index in [4.69, 9.17) is 9.47 Å². The zero-order valence-electron chi connectivity index (χ0n) is 24.4. The molecule has 44 heavy (non-hydrogen) atoms. The largest absolute Gasteiger partial charge is 0.489 e. The molecular formula is C37H30N2O5. The summed E-state index contributed by atoms with van der Waals surface area (Å²) >= 11 is 0. The number of nitrogens with zero attached hydrogens (tertiary/aromatic N) is 1. The molecule has 7 nitrogen and oxygen atoms in total. The molecule has 7 heteroatoms. The van der Waals surface area contributed by atoms with Gasteiger partial charge < -0.3 is 9.47 Å². The lowest BCUT2D eigenvalue weighted by atomic mass is 9.99. The fraction of sp³-hybridized carbons (Fsp3) is 0.108. The molecule has 1 heterocycles. The lowest BCUT2D eigenvalue weighted by molar-refractivity contribution is -0.122. The summed E-state index contributed by atoms with van der Waals surface area (Å²) in [5.41, 5.74) is 4.99. The molecule has 5 aromatic rings. The fourth-order valence-electron chi connectivity index (χ4n) is 5.33. The summed E-state index contributed by atoms with van der Waals surface area (Å²) in [4.78, 5) is 40.7. The first-order valence-electron chi connectivity index (χ1n) is 14.3. The van der Waals surface area contributed by atoms with Crippen molar-refractivity contribution in [2.24, 2.45) is 0 Å². The zero-order valence-corrected chi connectivity index (χ0v) is 24.4. The van der Waals surface area contributed by atoms with Crippen molar-refractivity contribution in [2.45, 2.75) is 27.1 Å². The van der Waals surface area contributed by atoms with E-state index in [1.165, 1.54) is 6.08 Å². The molecule has 0 spiro atoms. The van der Waals surface area contributed by atoms with Crippen molar-refractivity contribution >= 4 is 40.4 Å². The number of carbonyl (C=O) groups excluding carboxylic acids is 3. The van der Waals surface area contributed by atoms with Gasteiger partial charge in [0.15, 0.2) is 0 Å². The van der Waals surface area contributed by atoms with E-state index in [2.05, 4.69) is 23.5 Å². The molecule has 0 radical (unpaired) electrons. The van der Waals surface area contributed by atoms with Gasteiger partial charge in [-0.25, -0.2) is 9.69 Å². The quantitative estimate of drug-likeness (QED) is 0.154. The van der Waals surface area contributed by atoms with Crippen LogP contribution < -0.4 is 19.7 Å². The number of rotatable bonds is 8. The van der Waals surface area contributed by atoms with E-state index in [0.29, 0.717) is 36.0 Å². The molecule has 0 atom stereocenters. The van der Waals surface area contributed by atoms with Crippen molar-refractivity contribution in [3.05, 3.63) is 143 Å². The molecule has 1 aliphatic heterocycles. The standard InChI is InChI=1S/C37H30N2O5/c1-24-18-25(2)20-27(19-24)23-44-34-17-12-28-10-6-7-11-31(28)32(34)21-33-35(40)38-37(42)39(36(33)41)29-13-15-30(16-14-29)43-22-26-8-4-3-5-9-26/h3-21H,22-23H2,1-2H3,(H,38,40,42)/b33-21+. The third-order valence-electron chi connectivity index (χ3n) is 7.34. The Balaban J connectivity index is 1.30. The van der Waals surface area contributed by atoms with Crippen molar-refractivity contribution in [1.82, 2.24) is 5.32 Å². The Labute approximate surface area is 255 Å². The second-order valence-electron chi connectivity index (χ2n) is 10.7. The number of carbonyl (C=O) groups is 3. The predicted octanol–water partition coefficient (Wildman–Crippen LogP) is 7.28. The van der Waals surface area contributed by atoms with Crippen LogP contribution in [0.1, 0.15) is 27.8 Å². The summed E-state index contributed by atoms with van der Waals surface area (Å²) < 4.78 is 12.1. The molecule has 4 amide bonds. The molecule has 218 valence electrons. The maximum Gasteiger partial charge on any atom is 0.335 e. The van der Waals surface area contributed by atoms with E-state index in [1.54, 1.807) is 24.3 Å². The minimum absolute atomic E-state index is 0.179. The molecule has 1 aliphatic rings. The molecule has 0 aromatic heterocycles. The number of aryl methyl sites for hydroxylation is 2. The third-order valence-corrected chi connectivity index (χ3v) is 7.34. The fourth-order valence-corrected chi connectivity index (χ4v) is 5.33. The highest BCUT2D eigenvalue weighted by Gasteiger charge is 2.37. The van der Waals surface area contributed by atoms with Gasteiger partial charge in [-0.15, -0.1) is 0 Å². The monoisotopic (exact) mass is 582 g/mol. The first-order chi connectivity index (χ1) is 21.4. The van der Waals surface area contributed by atoms with Gasteiger partial charge in [0.2, 0.25) is 0 Å². The highest BCUT2D eigenvalue weighted by molar-refractivity contribution is 6.39. The molecule has 0 saturated carbocycles. The molecule has 0 aliphatic carbocycles. The van der Waals surface area contributed by atoms with Crippen LogP contribution in [0, 0.1) is 13.8 Å². The van der Waals surface area contributed by atoms with Crippen molar-refractivity contribution in [3.8, 4) is 11.5 Å². The van der Waals surface area contributed by atoms with E-state index in [9.17, 15) is 14.4 Å². The van der Waals surface area contributed by atoms with Crippen LogP contribution in [0.2, 0.25) is 0 Å². The summed E-state index contributed by atoms with van der Waals surface area (Å²) in [5.74, 6) is -0.410. The number of anilines is 1. The summed E-state index contributed by atoms with van der Waals surface area (Å²) in [7, 11) is 0. The first-order valence-corrected chi connectivity index (χ1v) is 14.3. The summed E-state index contributed by atoms with van der Waals surface area (Å²) in [6.07, 6.45) is 1.51. The minimum Gasteiger partial charge on any atom is -0.489 e. The Hall–Kier alpha value is -5.69. The van der Waals surface area contributed by atoms with Gasteiger partial charge >= 0.3 is 6.03 Å². The number of hydrogen-bond acceptors (Lipinski definition) is 5. The van der Waals surface area contributed by atoms with Crippen LogP contribution in [0.4, 0.5) is 10.5 Å². The number of benzene rings is 5. The lowest BCUT2D eigenvalue weighted by Crippen LogP contribution is -2.54. The maximum absolute atomic E-state index is 13.8. The van der Waals surface area contributed by atoms with Crippen LogP contribution in [0.5, 0.6) is 11.5 Å². The van der Waals surface area contributed by atoms with Crippen molar-refractivity contribution in [3.63, 3.8) is 0 Å². The second-order valence-corrected chi connectivity index (χ2v) is 10.7. The lowest BCUT2D eigenvalue weighted by Gasteiger charge is -2.26. The Bertz CT molecular complexity index is 1890. The number of barbiturate groups is 1. The summed E-state index contributed by atoms with van der Waals surface area (Å²) in [6.45, 7) is 4.76. The molecular weight excluding hydrogens is 552 g/mol. The average molecular weight is 583 g/mol. The number of hydrogen-bond donors (Lipinski definition) is 1. The number of nitrogens with one attached hydrogen (secondary N) is 1. The van der Waals surface area contributed by atoms with Gasteiger partial charge in [-0.05, 0) is 72.2 Å². The topological polar surface area (TPSA) is 84.9 Å². The smallest absolute Gasteiger partial charge is 0.335 e. The zero-order chi connectivity index (χ0) is 30.6. The third kappa shape index (κ3) is 6.08. The highest BCUT2D eigenvalue weighted by Crippen LogP contribution is 2.33. The Morgan fingerprint density at radius 2 is 1.39 bits per heavy atom.